The third-order valence-electron chi connectivity index (χ3n) is 2.23. The number of halogens is 3. The van der Waals surface area contributed by atoms with E-state index in [0.717, 1.165) is 24.8 Å². The third kappa shape index (κ3) is 8.45. The molecule has 0 radical (unpaired) electrons. The lowest BCUT2D eigenvalue weighted by atomic mass is 10.1. The zero-order valence-electron chi connectivity index (χ0n) is 11.2. The molecule has 0 aromatic heterocycles. The van der Waals surface area contributed by atoms with Gasteiger partial charge in [0.15, 0.2) is 0 Å². The molecule has 0 nitrogen and oxygen atoms in total. The molecular formula is C14H21F3S. The summed E-state index contributed by atoms with van der Waals surface area (Å²) in [5.74, 6) is 0. The monoisotopic (exact) mass is 278 g/mol. The molecule has 0 fully saturated rings. The predicted molar refractivity (Wildman–Crippen MR) is 72.9 cm³/mol. The average molecular weight is 278 g/mol. The van der Waals surface area contributed by atoms with E-state index in [2.05, 4.69) is 6.92 Å². The molecule has 104 valence electrons. The number of thioether (sulfide) groups is 1. The van der Waals surface area contributed by atoms with Crippen LogP contribution in [0, 0.1) is 0 Å². The van der Waals surface area contributed by atoms with Crippen LogP contribution in [-0.2, 0) is 6.42 Å². The van der Waals surface area contributed by atoms with E-state index >= 15 is 0 Å². The number of rotatable bonds is 5. The Kier molecular flexibility index (Phi) is 8.98. The minimum absolute atomic E-state index is 0.0622. The lowest BCUT2D eigenvalue weighted by Crippen LogP contribution is -1.98. The fourth-order valence-corrected chi connectivity index (χ4v) is 1.98. The lowest BCUT2D eigenvalue weighted by Gasteiger charge is -2.06. The Hall–Kier alpha value is -0.640. The van der Waals surface area contributed by atoms with E-state index in [-0.39, 0.29) is 16.7 Å². The van der Waals surface area contributed by atoms with Crippen LogP contribution in [0.15, 0.2) is 29.2 Å². The first-order valence-electron chi connectivity index (χ1n) is 6.36. The number of hydrogen-bond donors (Lipinski definition) is 0. The Balaban J connectivity index is 0.00000137. The maximum atomic E-state index is 12.1. The minimum Gasteiger partial charge on any atom is -0.160 e. The Labute approximate surface area is 112 Å². The van der Waals surface area contributed by atoms with E-state index in [1.54, 1.807) is 24.3 Å². The molecule has 1 rings (SSSR count). The van der Waals surface area contributed by atoms with E-state index in [1.165, 1.54) is 6.42 Å². The van der Waals surface area contributed by atoms with Gasteiger partial charge in [0.1, 0.15) is 0 Å². The number of aryl methyl sites for hydroxylation is 1. The maximum absolute atomic E-state index is 12.1. The molecule has 1 aromatic rings. The second-order valence-electron chi connectivity index (χ2n) is 3.65. The van der Waals surface area contributed by atoms with Gasteiger partial charge in [-0.15, -0.1) is 0 Å². The highest BCUT2D eigenvalue weighted by Crippen LogP contribution is 2.36. The minimum atomic E-state index is -4.19. The highest BCUT2D eigenvalue weighted by Gasteiger charge is 2.28. The van der Waals surface area contributed by atoms with Gasteiger partial charge >= 0.3 is 5.51 Å². The highest BCUT2D eigenvalue weighted by atomic mass is 32.2. The SMILES string of the molecule is CC.CCCCCc1ccc(SC(F)(F)F)cc1. The van der Waals surface area contributed by atoms with Gasteiger partial charge in [-0.05, 0) is 42.3 Å². The summed E-state index contributed by atoms with van der Waals surface area (Å²) >= 11 is -0.0622. The van der Waals surface area contributed by atoms with Crippen molar-refractivity contribution in [3.63, 3.8) is 0 Å². The van der Waals surface area contributed by atoms with Gasteiger partial charge in [0, 0.05) is 4.90 Å². The van der Waals surface area contributed by atoms with E-state index < -0.39 is 5.51 Å². The summed E-state index contributed by atoms with van der Waals surface area (Å²) in [5.41, 5.74) is -3.08. The molecule has 0 aliphatic heterocycles. The van der Waals surface area contributed by atoms with Gasteiger partial charge in [0.05, 0.1) is 0 Å². The summed E-state index contributed by atoms with van der Waals surface area (Å²) in [6.45, 7) is 6.13. The molecule has 0 N–H and O–H groups in total. The molecule has 0 spiro atoms. The Morgan fingerprint density at radius 3 is 2.00 bits per heavy atom. The maximum Gasteiger partial charge on any atom is 0.446 e. The highest BCUT2D eigenvalue weighted by molar-refractivity contribution is 8.00. The fraction of sp³-hybridized carbons (Fsp3) is 0.571. The van der Waals surface area contributed by atoms with E-state index in [4.69, 9.17) is 0 Å². The van der Waals surface area contributed by atoms with Gasteiger partial charge in [-0.3, -0.25) is 0 Å². The van der Waals surface area contributed by atoms with E-state index in [9.17, 15) is 13.2 Å². The Morgan fingerprint density at radius 1 is 1.00 bits per heavy atom. The summed E-state index contributed by atoms with van der Waals surface area (Å²) in [6.07, 6.45) is 4.37. The molecular weight excluding hydrogens is 257 g/mol. The van der Waals surface area contributed by atoms with Crippen LogP contribution in [-0.4, -0.2) is 5.51 Å². The first-order valence-corrected chi connectivity index (χ1v) is 7.17. The number of alkyl halides is 3. The summed E-state index contributed by atoms with van der Waals surface area (Å²) in [6, 6.07) is 6.65. The van der Waals surface area contributed by atoms with Gasteiger partial charge in [-0.2, -0.15) is 13.2 Å². The van der Waals surface area contributed by atoms with Crippen molar-refractivity contribution in [3.8, 4) is 0 Å². The van der Waals surface area contributed by atoms with Crippen molar-refractivity contribution in [2.24, 2.45) is 0 Å². The van der Waals surface area contributed by atoms with Gasteiger partial charge in [-0.25, -0.2) is 0 Å². The third-order valence-corrected chi connectivity index (χ3v) is 2.97. The molecule has 0 atom stereocenters. The fourth-order valence-electron chi connectivity index (χ4n) is 1.44. The molecule has 0 saturated heterocycles. The molecule has 0 heterocycles. The largest absolute Gasteiger partial charge is 0.446 e. The van der Waals surface area contributed by atoms with E-state index in [1.807, 2.05) is 13.8 Å². The molecule has 4 heteroatoms. The Morgan fingerprint density at radius 2 is 1.56 bits per heavy atom. The molecule has 0 aliphatic carbocycles. The van der Waals surface area contributed by atoms with Gasteiger partial charge in [0.25, 0.3) is 0 Å². The van der Waals surface area contributed by atoms with E-state index in [0.29, 0.717) is 0 Å². The topological polar surface area (TPSA) is 0 Å². The molecule has 0 saturated carbocycles. The van der Waals surface area contributed by atoms with Crippen molar-refractivity contribution < 1.29 is 13.2 Å². The predicted octanol–water partition coefficient (Wildman–Crippen LogP) is 6.06. The second-order valence-corrected chi connectivity index (χ2v) is 4.79. The van der Waals surface area contributed by atoms with Crippen LogP contribution in [0.1, 0.15) is 45.6 Å². The summed E-state index contributed by atoms with van der Waals surface area (Å²) in [7, 11) is 0. The Bertz CT molecular complexity index is 304. The van der Waals surface area contributed by atoms with Crippen LogP contribution in [0.4, 0.5) is 13.2 Å². The molecule has 0 unspecified atom stereocenters. The summed E-state index contributed by atoms with van der Waals surface area (Å²) in [5, 5.41) is 0. The van der Waals surface area contributed by atoms with Crippen LogP contribution in [0.2, 0.25) is 0 Å². The standard InChI is InChI=1S/C12H15F3S.C2H6/c1-2-3-4-5-10-6-8-11(9-7-10)16-12(13,14)15;1-2/h6-9H,2-5H2,1H3;1-2H3. The van der Waals surface area contributed by atoms with Crippen molar-refractivity contribution >= 4 is 11.8 Å². The van der Waals surface area contributed by atoms with Gasteiger partial charge in [0.2, 0.25) is 0 Å². The van der Waals surface area contributed by atoms with Crippen molar-refractivity contribution in [2.45, 2.75) is 56.9 Å². The molecule has 0 bridgehead atoms. The van der Waals surface area contributed by atoms with Crippen molar-refractivity contribution in [1.82, 2.24) is 0 Å². The molecule has 0 amide bonds. The summed E-state index contributed by atoms with van der Waals surface area (Å²) < 4.78 is 36.2. The second kappa shape index (κ2) is 9.31. The first kappa shape index (κ1) is 17.4. The first-order chi connectivity index (χ1) is 8.51. The van der Waals surface area contributed by atoms with Crippen LogP contribution in [0.25, 0.3) is 0 Å². The van der Waals surface area contributed by atoms with Crippen molar-refractivity contribution in [2.75, 3.05) is 0 Å². The molecule has 18 heavy (non-hydrogen) atoms. The zero-order valence-corrected chi connectivity index (χ0v) is 12.0. The van der Waals surface area contributed by atoms with Crippen LogP contribution in [0.3, 0.4) is 0 Å². The summed E-state index contributed by atoms with van der Waals surface area (Å²) in [4.78, 5) is 0.256. The van der Waals surface area contributed by atoms with Crippen LogP contribution in [0.5, 0.6) is 0 Å². The number of hydrogen-bond acceptors (Lipinski definition) is 1. The lowest BCUT2D eigenvalue weighted by molar-refractivity contribution is -0.0328. The molecule has 1 aromatic carbocycles. The number of unbranched alkanes of at least 4 members (excludes halogenated alkanes) is 2. The van der Waals surface area contributed by atoms with Crippen molar-refractivity contribution in [1.29, 1.82) is 0 Å². The van der Waals surface area contributed by atoms with Crippen molar-refractivity contribution in [3.05, 3.63) is 29.8 Å². The quantitative estimate of drug-likeness (QED) is 0.466. The normalized spacial score (nSPS) is 10.8. The van der Waals surface area contributed by atoms with Gasteiger partial charge in [-0.1, -0.05) is 45.7 Å². The van der Waals surface area contributed by atoms with Crippen LogP contribution >= 0.6 is 11.8 Å². The van der Waals surface area contributed by atoms with Crippen LogP contribution < -0.4 is 0 Å². The van der Waals surface area contributed by atoms with Gasteiger partial charge < -0.3 is 0 Å². The number of benzene rings is 1. The average Bonchev–Trinajstić information content (AvgIpc) is 2.32. The molecule has 0 aliphatic rings. The zero-order chi connectivity index (χ0) is 14.0. The smallest absolute Gasteiger partial charge is 0.160 e.